The fourth-order valence-electron chi connectivity index (χ4n) is 0.511. The van der Waals surface area contributed by atoms with Gasteiger partial charge < -0.3 is 10.4 Å². The third kappa shape index (κ3) is 2.28. The smallest absolute Gasteiger partial charge is 0.128 e. The van der Waals surface area contributed by atoms with Crippen molar-refractivity contribution >= 4 is 0 Å². The zero-order valence-electron chi connectivity index (χ0n) is 5.52. The van der Waals surface area contributed by atoms with Crippen molar-refractivity contribution in [3.8, 4) is 0 Å². The third-order valence-corrected chi connectivity index (χ3v) is 1.26. The van der Waals surface area contributed by atoms with Crippen LogP contribution in [0.5, 0.6) is 0 Å². The summed E-state index contributed by atoms with van der Waals surface area (Å²) >= 11 is 0. The monoisotopic (exact) mass is 116 g/mol. The van der Waals surface area contributed by atoms with Gasteiger partial charge in [0.15, 0.2) is 0 Å². The molecular formula is C6H14NO. The first-order valence-electron chi connectivity index (χ1n) is 2.85. The molecule has 0 aromatic carbocycles. The summed E-state index contributed by atoms with van der Waals surface area (Å²) in [6, 6.07) is 0.148. The van der Waals surface area contributed by atoms with Crippen LogP contribution in [-0.4, -0.2) is 17.8 Å². The molecule has 0 aromatic rings. The summed E-state index contributed by atoms with van der Waals surface area (Å²) in [5.41, 5.74) is 0. The quantitative estimate of drug-likeness (QED) is 0.463. The second kappa shape index (κ2) is 3.87. The molecule has 0 unspecified atom stereocenters. The van der Waals surface area contributed by atoms with E-state index in [4.69, 9.17) is 5.11 Å². The Morgan fingerprint density at radius 2 is 2.12 bits per heavy atom. The molecule has 2 nitrogen and oxygen atoms in total. The fraction of sp³-hybridized carbons (Fsp3) is 0.833. The Labute approximate surface area is 50.9 Å². The molecule has 2 N–H and O–H groups in total. The molecule has 0 aliphatic carbocycles. The summed E-state index contributed by atoms with van der Waals surface area (Å²) < 4.78 is 0. The van der Waals surface area contributed by atoms with Crippen molar-refractivity contribution in [1.82, 2.24) is 0 Å². The van der Waals surface area contributed by atoms with Crippen LogP contribution in [0.4, 0.5) is 0 Å². The lowest BCUT2D eigenvalue weighted by atomic mass is 10.1. The SMILES string of the molecule is [CH2-][NH+][C@@H](CO)C(C)C. The molecule has 8 heavy (non-hydrogen) atoms. The van der Waals surface area contributed by atoms with Crippen LogP contribution < -0.4 is 5.32 Å². The van der Waals surface area contributed by atoms with Crippen LogP contribution in [0.1, 0.15) is 13.8 Å². The second-order valence-corrected chi connectivity index (χ2v) is 2.24. The lowest BCUT2D eigenvalue weighted by Gasteiger charge is -2.12. The first-order valence-corrected chi connectivity index (χ1v) is 2.85. The molecule has 2 heteroatoms. The van der Waals surface area contributed by atoms with Gasteiger partial charge in [-0.05, 0) is 0 Å². The molecule has 0 saturated heterocycles. The third-order valence-electron chi connectivity index (χ3n) is 1.26. The van der Waals surface area contributed by atoms with Crippen molar-refractivity contribution in [1.29, 1.82) is 0 Å². The van der Waals surface area contributed by atoms with Gasteiger partial charge in [0.2, 0.25) is 0 Å². The Balaban J connectivity index is 3.35. The molecule has 0 amide bonds. The Morgan fingerprint density at radius 1 is 1.62 bits per heavy atom. The van der Waals surface area contributed by atoms with Crippen molar-refractivity contribution in [2.75, 3.05) is 6.61 Å². The molecule has 0 spiro atoms. The molecule has 0 aromatic heterocycles. The van der Waals surface area contributed by atoms with E-state index < -0.39 is 0 Å². The number of aliphatic hydroxyl groups is 1. The summed E-state index contributed by atoms with van der Waals surface area (Å²) in [4.78, 5) is 0. The van der Waals surface area contributed by atoms with Gasteiger partial charge in [0.1, 0.15) is 6.04 Å². The minimum Gasteiger partial charge on any atom is -0.390 e. The molecule has 0 rings (SSSR count). The van der Waals surface area contributed by atoms with Gasteiger partial charge in [-0.25, -0.2) is 0 Å². The average Bonchev–Trinajstić information content (AvgIpc) is 1.69. The number of rotatable bonds is 3. The minimum atomic E-state index is 0.148. The Bertz CT molecular complexity index is 50.5. The van der Waals surface area contributed by atoms with E-state index in [1.54, 1.807) is 0 Å². The Morgan fingerprint density at radius 3 is 2.12 bits per heavy atom. The summed E-state index contributed by atoms with van der Waals surface area (Å²) in [6.45, 7) is 4.25. The molecule has 1 radical (unpaired) electrons. The molecule has 0 fully saturated rings. The van der Waals surface area contributed by atoms with Crippen molar-refractivity contribution in [2.45, 2.75) is 19.9 Å². The fourth-order valence-corrected chi connectivity index (χ4v) is 0.511. The van der Waals surface area contributed by atoms with Gasteiger partial charge in [-0.2, -0.15) is 0 Å². The van der Waals surface area contributed by atoms with E-state index >= 15 is 0 Å². The van der Waals surface area contributed by atoms with E-state index in [1.807, 2.05) is 13.8 Å². The van der Waals surface area contributed by atoms with Crippen LogP contribution in [0.2, 0.25) is 0 Å². The van der Waals surface area contributed by atoms with Gasteiger partial charge in [-0.15, -0.1) is 7.05 Å². The zero-order valence-corrected chi connectivity index (χ0v) is 5.52. The van der Waals surface area contributed by atoms with E-state index in [1.165, 1.54) is 0 Å². The maximum Gasteiger partial charge on any atom is 0.128 e. The number of nitrogens with one attached hydrogen (secondary N) is 1. The first-order chi connectivity index (χ1) is 3.72. The Kier molecular flexibility index (Phi) is 3.83. The standard InChI is InChI=1S/C6H14NO/c1-5(2)6(4-8)7-3/h5-8H,3-4H2,1-2H3/t6-/m0/s1. The van der Waals surface area contributed by atoms with Crippen molar-refractivity contribution in [2.24, 2.45) is 5.92 Å². The molecule has 49 valence electrons. The minimum absolute atomic E-state index is 0.148. The molecule has 0 saturated carbocycles. The normalized spacial score (nSPS) is 14.6. The van der Waals surface area contributed by atoms with Crippen LogP contribution in [0.25, 0.3) is 0 Å². The van der Waals surface area contributed by atoms with Gasteiger partial charge in [-0.1, -0.05) is 13.8 Å². The molecular weight excluding hydrogens is 102 g/mol. The Hall–Kier alpha value is -0.0800. The summed E-state index contributed by atoms with van der Waals surface area (Å²) in [5.74, 6) is 0.456. The largest absolute Gasteiger partial charge is 0.390 e. The zero-order chi connectivity index (χ0) is 6.57. The highest BCUT2D eigenvalue weighted by molar-refractivity contribution is 4.54. The predicted octanol–water partition coefficient (Wildman–Crippen LogP) is -0.856. The average molecular weight is 116 g/mol. The number of hydrogen-bond acceptors (Lipinski definition) is 2. The summed E-state index contributed by atoms with van der Waals surface area (Å²) in [5, 5.41) is 11.3. The van der Waals surface area contributed by atoms with Crippen molar-refractivity contribution in [3.05, 3.63) is 7.05 Å². The molecule has 0 aliphatic rings. The van der Waals surface area contributed by atoms with Crippen LogP contribution >= 0.6 is 0 Å². The van der Waals surface area contributed by atoms with Crippen molar-refractivity contribution in [3.63, 3.8) is 0 Å². The van der Waals surface area contributed by atoms with Crippen LogP contribution in [0, 0.1) is 13.0 Å². The number of aliphatic hydroxyl groups excluding tert-OH is 1. The molecule has 1 atom stereocenters. The first kappa shape index (κ1) is 7.92. The van der Waals surface area contributed by atoms with E-state index in [9.17, 15) is 0 Å². The highest BCUT2D eigenvalue weighted by atomic mass is 16.3. The summed E-state index contributed by atoms with van der Waals surface area (Å²) in [7, 11) is 3.47. The predicted molar refractivity (Wildman–Crippen MR) is 32.0 cm³/mol. The summed E-state index contributed by atoms with van der Waals surface area (Å²) in [6.07, 6.45) is 0. The van der Waals surface area contributed by atoms with E-state index in [0.29, 0.717) is 5.92 Å². The topological polar surface area (TPSA) is 35.8 Å². The second-order valence-electron chi connectivity index (χ2n) is 2.24. The van der Waals surface area contributed by atoms with Gasteiger partial charge >= 0.3 is 0 Å². The van der Waals surface area contributed by atoms with Gasteiger partial charge in [-0.3, -0.25) is 0 Å². The van der Waals surface area contributed by atoms with Crippen LogP contribution in [0.3, 0.4) is 0 Å². The maximum absolute atomic E-state index is 8.59. The van der Waals surface area contributed by atoms with Gasteiger partial charge in [0, 0.05) is 5.92 Å². The van der Waals surface area contributed by atoms with Gasteiger partial charge in [0.05, 0.1) is 6.61 Å². The highest BCUT2D eigenvalue weighted by Crippen LogP contribution is 1.93. The lowest BCUT2D eigenvalue weighted by Crippen LogP contribution is -2.86. The lowest BCUT2D eigenvalue weighted by molar-refractivity contribution is -0.642. The molecule has 0 heterocycles. The number of hydrogen-bond donors (Lipinski definition) is 2. The van der Waals surface area contributed by atoms with Crippen molar-refractivity contribution < 1.29 is 10.4 Å². The molecule has 0 bridgehead atoms. The van der Waals surface area contributed by atoms with E-state index in [-0.39, 0.29) is 12.6 Å². The van der Waals surface area contributed by atoms with E-state index in [0.717, 1.165) is 0 Å². The maximum atomic E-state index is 8.59. The molecule has 0 aliphatic heterocycles. The van der Waals surface area contributed by atoms with Gasteiger partial charge in [0.25, 0.3) is 0 Å². The van der Waals surface area contributed by atoms with Crippen LogP contribution in [0.15, 0.2) is 0 Å². The highest BCUT2D eigenvalue weighted by Gasteiger charge is 2.11. The van der Waals surface area contributed by atoms with Crippen LogP contribution in [-0.2, 0) is 0 Å². The van der Waals surface area contributed by atoms with E-state index in [2.05, 4.69) is 12.4 Å².